The molecule has 0 bridgehead atoms. The van der Waals surface area contributed by atoms with E-state index in [2.05, 4.69) is 13.8 Å². The standard InChI is InChI=1S/C13H25NO2/c1-3-10-6-5-7-13(8-10,9-12(15)16)11(14)4-2/h10-11H,3-9,14H2,1-2H3,(H,15,16). The van der Waals surface area contributed by atoms with Crippen molar-refractivity contribution < 1.29 is 9.90 Å². The fourth-order valence-electron chi connectivity index (χ4n) is 3.23. The highest BCUT2D eigenvalue weighted by Gasteiger charge is 2.41. The quantitative estimate of drug-likeness (QED) is 0.759. The van der Waals surface area contributed by atoms with Crippen LogP contribution in [0.3, 0.4) is 0 Å². The van der Waals surface area contributed by atoms with Crippen LogP contribution >= 0.6 is 0 Å². The van der Waals surface area contributed by atoms with Crippen molar-refractivity contribution in [3.05, 3.63) is 0 Å². The summed E-state index contributed by atoms with van der Waals surface area (Å²) in [5.41, 5.74) is 6.05. The molecule has 0 spiro atoms. The van der Waals surface area contributed by atoms with E-state index in [0.29, 0.717) is 5.92 Å². The Balaban J connectivity index is 2.80. The molecule has 94 valence electrons. The van der Waals surface area contributed by atoms with Gasteiger partial charge in [0.1, 0.15) is 0 Å². The van der Waals surface area contributed by atoms with E-state index in [9.17, 15) is 4.79 Å². The molecular weight excluding hydrogens is 202 g/mol. The summed E-state index contributed by atoms with van der Waals surface area (Å²) >= 11 is 0. The van der Waals surface area contributed by atoms with Crippen LogP contribution in [0.1, 0.15) is 58.8 Å². The number of carboxylic acids is 1. The van der Waals surface area contributed by atoms with E-state index in [1.807, 2.05) is 0 Å². The third kappa shape index (κ3) is 2.97. The Hall–Kier alpha value is -0.570. The van der Waals surface area contributed by atoms with E-state index in [1.165, 1.54) is 6.42 Å². The van der Waals surface area contributed by atoms with Crippen molar-refractivity contribution in [2.45, 2.75) is 64.8 Å². The summed E-state index contributed by atoms with van der Waals surface area (Å²) in [6, 6.07) is 0.0398. The van der Waals surface area contributed by atoms with Gasteiger partial charge in [0, 0.05) is 6.04 Å². The smallest absolute Gasteiger partial charge is 0.303 e. The van der Waals surface area contributed by atoms with E-state index in [-0.39, 0.29) is 17.9 Å². The molecule has 0 radical (unpaired) electrons. The van der Waals surface area contributed by atoms with Crippen LogP contribution in [0.2, 0.25) is 0 Å². The molecule has 3 heteroatoms. The Labute approximate surface area is 98.4 Å². The molecule has 3 unspecified atom stereocenters. The molecule has 1 rings (SSSR count). The van der Waals surface area contributed by atoms with Gasteiger partial charge in [0.2, 0.25) is 0 Å². The third-order valence-corrected chi connectivity index (χ3v) is 4.29. The number of rotatable bonds is 5. The number of carbonyl (C=O) groups is 1. The number of hydrogen-bond acceptors (Lipinski definition) is 2. The molecule has 3 atom stereocenters. The molecular formula is C13H25NO2. The molecule has 3 N–H and O–H groups in total. The molecule has 0 aromatic heterocycles. The normalized spacial score (nSPS) is 32.3. The van der Waals surface area contributed by atoms with Gasteiger partial charge in [-0.3, -0.25) is 4.79 Å². The Morgan fingerprint density at radius 3 is 2.75 bits per heavy atom. The van der Waals surface area contributed by atoms with Crippen molar-refractivity contribution in [1.29, 1.82) is 0 Å². The lowest BCUT2D eigenvalue weighted by Crippen LogP contribution is -2.46. The van der Waals surface area contributed by atoms with E-state index < -0.39 is 5.97 Å². The predicted octanol–water partition coefficient (Wildman–Crippen LogP) is 2.79. The molecule has 0 aliphatic heterocycles. The van der Waals surface area contributed by atoms with Gasteiger partial charge in [0.25, 0.3) is 0 Å². The van der Waals surface area contributed by atoms with Gasteiger partial charge in [-0.05, 0) is 30.6 Å². The van der Waals surface area contributed by atoms with Crippen molar-refractivity contribution in [3.63, 3.8) is 0 Å². The minimum Gasteiger partial charge on any atom is -0.481 e. The van der Waals surface area contributed by atoms with Crippen molar-refractivity contribution >= 4 is 5.97 Å². The lowest BCUT2D eigenvalue weighted by atomic mass is 9.63. The zero-order valence-electron chi connectivity index (χ0n) is 10.5. The molecule has 1 aliphatic carbocycles. The van der Waals surface area contributed by atoms with Crippen LogP contribution in [0.25, 0.3) is 0 Å². The first-order chi connectivity index (χ1) is 7.54. The maximum atomic E-state index is 11.0. The Bertz CT molecular complexity index is 242. The number of carboxylic acid groups (broad SMARTS) is 1. The molecule has 0 saturated heterocycles. The molecule has 0 heterocycles. The van der Waals surface area contributed by atoms with Gasteiger partial charge in [0.05, 0.1) is 6.42 Å². The number of nitrogens with two attached hydrogens (primary N) is 1. The van der Waals surface area contributed by atoms with Crippen LogP contribution in [-0.2, 0) is 4.79 Å². The maximum Gasteiger partial charge on any atom is 0.303 e. The van der Waals surface area contributed by atoms with Crippen molar-refractivity contribution in [2.24, 2.45) is 17.1 Å². The maximum absolute atomic E-state index is 11.0. The number of aliphatic carboxylic acids is 1. The summed E-state index contributed by atoms with van der Waals surface area (Å²) < 4.78 is 0. The molecule has 0 aromatic rings. The molecule has 0 aromatic carbocycles. The fraction of sp³-hybridized carbons (Fsp3) is 0.923. The van der Waals surface area contributed by atoms with E-state index >= 15 is 0 Å². The van der Waals surface area contributed by atoms with Gasteiger partial charge in [-0.25, -0.2) is 0 Å². The topological polar surface area (TPSA) is 63.3 Å². The average Bonchev–Trinajstić information content (AvgIpc) is 2.27. The summed E-state index contributed by atoms with van der Waals surface area (Å²) in [5.74, 6) is -0.0219. The van der Waals surface area contributed by atoms with Crippen LogP contribution in [0.4, 0.5) is 0 Å². The van der Waals surface area contributed by atoms with Gasteiger partial charge in [-0.15, -0.1) is 0 Å². The van der Waals surface area contributed by atoms with Crippen LogP contribution < -0.4 is 5.73 Å². The first-order valence-corrected chi connectivity index (χ1v) is 6.51. The summed E-state index contributed by atoms with van der Waals surface area (Å²) in [6.45, 7) is 4.25. The van der Waals surface area contributed by atoms with Crippen molar-refractivity contribution in [1.82, 2.24) is 0 Å². The highest BCUT2D eigenvalue weighted by Crippen LogP contribution is 2.45. The SMILES string of the molecule is CCC1CCCC(CC(=O)O)(C(N)CC)C1. The zero-order chi connectivity index (χ0) is 12.2. The molecule has 0 amide bonds. The molecule has 1 aliphatic rings. The minimum absolute atomic E-state index is 0.0398. The largest absolute Gasteiger partial charge is 0.481 e. The summed E-state index contributed by atoms with van der Waals surface area (Å²) in [4.78, 5) is 11.0. The fourth-order valence-corrected chi connectivity index (χ4v) is 3.23. The number of hydrogen-bond donors (Lipinski definition) is 2. The van der Waals surface area contributed by atoms with Crippen LogP contribution in [0.5, 0.6) is 0 Å². The highest BCUT2D eigenvalue weighted by molar-refractivity contribution is 5.67. The second-order valence-corrected chi connectivity index (χ2v) is 5.32. The Kier molecular flexibility index (Phi) is 4.78. The van der Waals surface area contributed by atoms with E-state index in [0.717, 1.165) is 32.1 Å². The lowest BCUT2D eigenvalue weighted by Gasteiger charge is -2.44. The highest BCUT2D eigenvalue weighted by atomic mass is 16.4. The Morgan fingerprint density at radius 1 is 1.56 bits per heavy atom. The Morgan fingerprint density at radius 2 is 2.25 bits per heavy atom. The zero-order valence-corrected chi connectivity index (χ0v) is 10.5. The second-order valence-electron chi connectivity index (χ2n) is 5.32. The average molecular weight is 227 g/mol. The van der Waals surface area contributed by atoms with Crippen molar-refractivity contribution in [2.75, 3.05) is 0 Å². The van der Waals surface area contributed by atoms with Crippen LogP contribution in [-0.4, -0.2) is 17.1 Å². The van der Waals surface area contributed by atoms with Gasteiger partial charge >= 0.3 is 5.97 Å². The molecule has 16 heavy (non-hydrogen) atoms. The first-order valence-electron chi connectivity index (χ1n) is 6.51. The van der Waals surface area contributed by atoms with Crippen molar-refractivity contribution in [3.8, 4) is 0 Å². The predicted molar refractivity (Wildman–Crippen MR) is 65.2 cm³/mol. The lowest BCUT2D eigenvalue weighted by molar-refractivity contribution is -0.141. The van der Waals surface area contributed by atoms with Gasteiger partial charge in [-0.2, -0.15) is 0 Å². The first kappa shape index (κ1) is 13.5. The third-order valence-electron chi connectivity index (χ3n) is 4.29. The summed E-state index contributed by atoms with van der Waals surface area (Å²) in [5, 5.41) is 9.08. The van der Waals surface area contributed by atoms with E-state index in [1.54, 1.807) is 0 Å². The van der Waals surface area contributed by atoms with Crippen LogP contribution in [0, 0.1) is 11.3 Å². The minimum atomic E-state index is -0.694. The second kappa shape index (κ2) is 5.67. The molecule has 3 nitrogen and oxygen atoms in total. The van der Waals surface area contributed by atoms with Crippen LogP contribution in [0.15, 0.2) is 0 Å². The summed E-state index contributed by atoms with van der Waals surface area (Å²) in [6.07, 6.45) is 6.66. The summed E-state index contributed by atoms with van der Waals surface area (Å²) in [7, 11) is 0. The van der Waals surface area contributed by atoms with Gasteiger partial charge < -0.3 is 10.8 Å². The van der Waals surface area contributed by atoms with E-state index in [4.69, 9.17) is 10.8 Å². The monoisotopic (exact) mass is 227 g/mol. The van der Waals surface area contributed by atoms with Gasteiger partial charge in [-0.1, -0.05) is 33.1 Å². The van der Waals surface area contributed by atoms with Gasteiger partial charge in [0.15, 0.2) is 0 Å². The molecule has 1 saturated carbocycles. The molecule has 1 fully saturated rings.